The fourth-order valence-electron chi connectivity index (χ4n) is 4.33. The maximum atomic E-state index is 13.2. The lowest BCUT2D eigenvalue weighted by Gasteiger charge is -2.27. The van der Waals surface area contributed by atoms with Crippen molar-refractivity contribution in [2.24, 2.45) is 0 Å². The van der Waals surface area contributed by atoms with E-state index >= 15 is 0 Å². The number of aromatic nitrogens is 1. The second-order valence-corrected chi connectivity index (χ2v) is 8.79. The van der Waals surface area contributed by atoms with E-state index in [1.165, 1.54) is 0 Å². The van der Waals surface area contributed by atoms with Gasteiger partial charge in [-0.05, 0) is 62.1 Å². The molecule has 3 heterocycles. The highest BCUT2D eigenvalue weighted by Crippen LogP contribution is 2.37. The Kier molecular flexibility index (Phi) is 4.79. The zero-order valence-corrected chi connectivity index (χ0v) is 17.0. The maximum absolute atomic E-state index is 13.2. The molecule has 2 saturated heterocycles. The van der Waals surface area contributed by atoms with Gasteiger partial charge in [0.25, 0.3) is 5.91 Å². The first-order valence-electron chi connectivity index (χ1n) is 10.3. The van der Waals surface area contributed by atoms with Crippen LogP contribution in [0.25, 0.3) is 10.2 Å². The fourth-order valence-corrected chi connectivity index (χ4v) is 5.44. The van der Waals surface area contributed by atoms with E-state index in [0.717, 1.165) is 59.7 Å². The second-order valence-electron chi connectivity index (χ2n) is 7.73. The van der Waals surface area contributed by atoms with Gasteiger partial charge in [-0.15, -0.1) is 11.3 Å². The van der Waals surface area contributed by atoms with Crippen LogP contribution < -0.4 is 4.90 Å². The highest BCUT2D eigenvalue weighted by molar-refractivity contribution is 7.18. The topological polar surface area (TPSA) is 53.5 Å². The number of hydrogen-bond donors (Lipinski definition) is 0. The van der Waals surface area contributed by atoms with Gasteiger partial charge in [0.1, 0.15) is 5.01 Å². The zero-order valence-electron chi connectivity index (χ0n) is 16.2. The summed E-state index contributed by atoms with van der Waals surface area (Å²) < 4.78 is 1.16. The number of rotatable bonds is 3. The average molecular weight is 406 g/mol. The molecule has 0 bridgehead atoms. The van der Waals surface area contributed by atoms with Crippen molar-refractivity contribution < 1.29 is 9.59 Å². The van der Waals surface area contributed by atoms with Gasteiger partial charge in [0.05, 0.1) is 16.3 Å². The van der Waals surface area contributed by atoms with Gasteiger partial charge in [-0.3, -0.25) is 9.59 Å². The molecule has 3 aromatic rings. The third-order valence-corrected chi connectivity index (χ3v) is 7.00. The molecule has 2 fully saturated rings. The highest BCUT2D eigenvalue weighted by Gasteiger charge is 2.33. The van der Waals surface area contributed by atoms with E-state index in [1.54, 1.807) is 11.3 Å². The molecule has 2 amide bonds. The summed E-state index contributed by atoms with van der Waals surface area (Å²) in [4.78, 5) is 33.9. The van der Waals surface area contributed by atoms with Crippen LogP contribution in [0.4, 0.5) is 5.69 Å². The largest absolute Gasteiger partial charge is 0.329 e. The Morgan fingerprint density at radius 3 is 2.62 bits per heavy atom. The number of carbonyl (C=O) groups excluding carboxylic acids is 2. The van der Waals surface area contributed by atoms with Crippen molar-refractivity contribution in [1.82, 2.24) is 9.88 Å². The molecule has 2 aromatic carbocycles. The smallest absolute Gasteiger partial charge is 0.254 e. The second kappa shape index (κ2) is 7.59. The van der Waals surface area contributed by atoms with Gasteiger partial charge in [-0.25, -0.2) is 4.98 Å². The van der Waals surface area contributed by atoms with Crippen LogP contribution in [-0.4, -0.2) is 34.8 Å². The molecule has 0 aliphatic carbocycles. The molecule has 1 aromatic heterocycles. The lowest BCUT2D eigenvalue weighted by atomic mass is 10.1. The predicted molar refractivity (Wildman–Crippen MR) is 115 cm³/mol. The summed E-state index contributed by atoms with van der Waals surface area (Å²) in [5.41, 5.74) is 2.56. The van der Waals surface area contributed by atoms with Gasteiger partial charge in [0, 0.05) is 30.8 Å². The minimum absolute atomic E-state index is 0.0447. The predicted octanol–water partition coefficient (Wildman–Crippen LogP) is 4.79. The molecular weight excluding hydrogens is 382 g/mol. The lowest BCUT2D eigenvalue weighted by Crippen LogP contribution is -2.35. The number of fused-ring (bicyclic) bond motifs is 1. The number of carbonyl (C=O) groups is 2. The number of likely N-dealkylation sites (tertiary alicyclic amines) is 1. The molecule has 5 rings (SSSR count). The van der Waals surface area contributed by atoms with Crippen LogP contribution in [0.3, 0.4) is 0 Å². The molecule has 1 unspecified atom stereocenters. The number of para-hydroxylation sites is 1. The van der Waals surface area contributed by atoms with Crippen molar-refractivity contribution in [3.05, 3.63) is 59.1 Å². The first-order chi connectivity index (χ1) is 14.2. The van der Waals surface area contributed by atoms with Crippen LogP contribution in [0.1, 0.15) is 53.5 Å². The van der Waals surface area contributed by atoms with Gasteiger partial charge in [0.15, 0.2) is 0 Å². The Morgan fingerprint density at radius 2 is 1.83 bits per heavy atom. The average Bonchev–Trinajstić information content (AvgIpc) is 3.40. The first kappa shape index (κ1) is 18.3. The molecule has 6 heteroatoms. The number of amides is 2. The van der Waals surface area contributed by atoms with Crippen LogP contribution in [0.15, 0.2) is 48.5 Å². The van der Waals surface area contributed by atoms with E-state index < -0.39 is 0 Å². The third kappa shape index (κ3) is 3.42. The van der Waals surface area contributed by atoms with Crippen molar-refractivity contribution in [2.45, 2.75) is 38.1 Å². The Labute approximate surface area is 174 Å². The minimum atomic E-state index is 0.0447. The molecule has 0 N–H and O–H groups in total. The van der Waals surface area contributed by atoms with Crippen LogP contribution in [0.5, 0.6) is 0 Å². The van der Waals surface area contributed by atoms with E-state index in [-0.39, 0.29) is 17.9 Å². The number of benzene rings is 2. The molecule has 148 valence electrons. The van der Waals surface area contributed by atoms with E-state index in [1.807, 2.05) is 52.3 Å². The van der Waals surface area contributed by atoms with Crippen LogP contribution >= 0.6 is 11.3 Å². The molecule has 0 radical (unpaired) electrons. The summed E-state index contributed by atoms with van der Waals surface area (Å²) in [6.07, 6.45) is 4.55. The van der Waals surface area contributed by atoms with Crippen molar-refractivity contribution >= 4 is 39.1 Å². The van der Waals surface area contributed by atoms with Crippen molar-refractivity contribution in [3.8, 4) is 0 Å². The summed E-state index contributed by atoms with van der Waals surface area (Å²) in [7, 11) is 0. The normalized spacial score (nSPS) is 19.9. The SMILES string of the molecule is O=C1CCCCN1c1ccc(C(=O)N2CCCC2c2nc3ccccc3s2)cc1. The van der Waals surface area contributed by atoms with Crippen LogP contribution in [0.2, 0.25) is 0 Å². The molecule has 2 aliphatic heterocycles. The zero-order chi connectivity index (χ0) is 19.8. The van der Waals surface area contributed by atoms with E-state index in [4.69, 9.17) is 4.98 Å². The van der Waals surface area contributed by atoms with E-state index in [2.05, 4.69) is 6.07 Å². The van der Waals surface area contributed by atoms with E-state index in [0.29, 0.717) is 12.0 Å². The molecule has 0 saturated carbocycles. The Hall–Kier alpha value is -2.73. The fraction of sp³-hybridized carbons (Fsp3) is 0.348. The number of piperidine rings is 1. The highest BCUT2D eigenvalue weighted by atomic mass is 32.1. The number of hydrogen-bond acceptors (Lipinski definition) is 4. The molecule has 2 aliphatic rings. The first-order valence-corrected chi connectivity index (χ1v) is 11.1. The maximum Gasteiger partial charge on any atom is 0.254 e. The summed E-state index contributed by atoms with van der Waals surface area (Å²) in [5, 5.41) is 1.02. The number of anilines is 1. The lowest BCUT2D eigenvalue weighted by molar-refractivity contribution is -0.119. The van der Waals surface area contributed by atoms with Crippen molar-refractivity contribution in [1.29, 1.82) is 0 Å². The minimum Gasteiger partial charge on any atom is -0.329 e. The molecule has 1 atom stereocenters. The van der Waals surface area contributed by atoms with E-state index in [9.17, 15) is 9.59 Å². The summed E-state index contributed by atoms with van der Waals surface area (Å²) >= 11 is 1.68. The molecule has 0 spiro atoms. The monoisotopic (exact) mass is 405 g/mol. The number of thiazole rings is 1. The standard InChI is InChI=1S/C23H23N3O2S/c27-21-9-3-4-14-25(21)17-12-10-16(11-13-17)23(28)26-15-5-7-19(26)22-24-18-6-1-2-8-20(18)29-22/h1-2,6,8,10-13,19H,3-5,7,9,14-15H2. The van der Waals surface area contributed by atoms with Gasteiger partial charge < -0.3 is 9.80 Å². The van der Waals surface area contributed by atoms with Crippen LogP contribution in [-0.2, 0) is 4.79 Å². The molecule has 29 heavy (non-hydrogen) atoms. The van der Waals surface area contributed by atoms with Gasteiger partial charge >= 0.3 is 0 Å². The van der Waals surface area contributed by atoms with Gasteiger partial charge in [0.2, 0.25) is 5.91 Å². The van der Waals surface area contributed by atoms with Crippen LogP contribution in [0, 0.1) is 0 Å². The van der Waals surface area contributed by atoms with Gasteiger partial charge in [-0.2, -0.15) is 0 Å². The molecule has 5 nitrogen and oxygen atoms in total. The summed E-state index contributed by atoms with van der Waals surface area (Å²) in [6.45, 7) is 1.52. The Morgan fingerprint density at radius 1 is 1.00 bits per heavy atom. The number of nitrogens with zero attached hydrogens (tertiary/aromatic N) is 3. The summed E-state index contributed by atoms with van der Waals surface area (Å²) in [6, 6.07) is 15.7. The quantitative estimate of drug-likeness (QED) is 0.629. The molecular formula is C23H23N3O2S. The van der Waals surface area contributed by atoms with Gasteiger partial charge in [-0.1, -0.05) is 12.1 Å². The third-order valence-electron chi connectivity index (χ3n) is 5.86. The van der Waals surface area contributed by atoms with Crippen molar-refractivity contribution in [3.63, 3.8) is 0 Å². The van der Waals surface area contributed by atoms with Crippen molar-refractivity contribution in [2.75, 3.05) is 18.0 Å². The Balaban J connectivity index is 1.37. The Bertz CT molecular complexity index is 1030. The summed E-state index contributed by atoms with van der Waals surface area (Å²) in [5.74, 6) is 0.217.